The molecule has 0 bridgehead atoms. The molecule has 1 amide bonds. The summed E-state index contributed by atoms with van der Waals surface area (Å²) in [6.07, 6.45) is 0. The van der Waals surface area contributed by atoms with Crippen molar-refractivity contribution in [3.8, 4) is 0 Å². The first-order valence-electron chi connectivity index (χ1n) is 6.05. The minimum Gasteiger partial charge on any atom is -0.379 e. The molecule has 5 heteroatoms. The third-order valence-electron chi connectivity index (χ3n) is 3.08. The third-order valence-corrected chi connectivity index (χ3v) is 3.08. The SMILES string of the molecule is C[C@@H](C(=O)Nc1ccc(F)cc1)N1CCOCC1. The maximum atomic E-state index is 12.7. The predicted octanol–water partition coefficient (Wildman–Crippen LogP) is 1.48. The molecule has 1 aromatic rings. The zero-order valence-electron chi connectivity index (χ0n) is 10.4. The van der Waals surface area contributed by atoms with Crippen molar-refractivity contribution < 1.29 is 13.9 Å². The Morgan fingerprint density at radius 1 is 1.33 bits per heavy atom. The number of carbonyl (C=O) groups is 1. The van der Waals surface area contributed by atoms with Crippen molar-refractivity contribution in [1.82, 2.24) is 4.90 Å². The van der Waals surface area contributed by atoms with Crippen LogP contribution >= 0.6 is 0 Å². The van der Waals surface area contributed by atoms with Crippen LogP contribution in [0.3, 0.4) is 0 Å². The molecule has 18 heavy (non-hydrogen) atoms. The summed E-state index contributed by atoms with van der Waals surface area (Å²) in [6.45, 7) is 4.71. The number of nitrogens with one attached hydrogen (secondary N) is 1. The van der Waals surface area contributed by atoms with E-state index in [4.69, 9.17) is 4.74 Å². The zero-order valence-corrected chi connectivity index (χ0v) is 10.4. The number of morpholine rings is 1. The van der Waals surface area contributed by atoms with Crippen LogP contribution in [-0.4, -0.2) is 43.2 Å². The van der Waals surface area contributed by atoms with Gasteiger partial charge in [-0.2, -0.15) is 0 Å². The molecule has 1 aliphatic heterocycles. The van der Waals surface area contributed by atoms with Gasteiger partial charge in [-0.1, -0.05) is 0 Å². The average Bonchev–Trinajstić information content (AvgIpc) is 2.41. The first kappa shape index (κ1) is 13.0. The van der Waals surface area contributed by atoms with Crippen molar-refractivity contribution in [2.24, 2.45) is 0 Å². The fraction of sp³-hybridized carbons (Fsp3) is 0.462. The molecule has 2 rings (SSSR count). The van der Waals surface area contributed by atoms with Gasteiger partial charge in [-0.15, -0.1) is 0 Å². The molecule has 0 spiro atoms. The molecule has 1 heterocycles. The van der Waals surface area contributed by atoms with Gasteiger partial charge in [-0.25, -0.2) is 4.39 Å². The van der Waals surface area contributed by atoms with Gasteiger partial charge in [0.25, 0.3) is 0 Å². The Hall–Kier alpha value is -1.46. The van der Waals surface area contributed by atoms with Gasteiger partial charge in [-0.3, -0.25) is 9.69 Å². The van der Waals surface area contributed by atoms with Gasteiger partial charge >= 0.3 is 0 Å². The number of hydrogen-bond donors (Lipinski definition) is 1. The normalized spacial score (nSPS) is 18.3. The molecule has 0 aromatic heterocycles. The summed E-state index contributed by atoms with van der Waals surface area (Å²) in [7, 11) is 0. The lowest BCUT2D eigenvalue weighted by molar-refractivity contribution is -0.122. The molecule has 1 N–H and O–H groups in total. The van der Waals surface area contributed by atoms with Crippen LogP contribution in [0.2, 0.25) is 0 Å². The first-order valence-corrected chi connectivity index (χ1v) is 6.05. The van der Waals surface area contributed by atoms with Crippen LogP contribution in [0.1, 0.15) is 6.92 Å². The average molecular weight is 252 g/mol. The quantitative estimate of drug-likeness (QED) is 0.886. The minimum absolute atomic E-state index is 0.0801. The maximum Gasteiger partial charge on any atom is 0.241 e. The number of rotatable bonds is 3. The monoisotopic (exact) mass is 252 g/mol. The molecule has 0 radical (unpaired) electrons. The summed E-state index contributed by atoms with van der Waals surface area (Å²) in [4.78, 5) is 14.1. The van der Waals surface area contributed by atoms with Crippen molar-refractivity contribution in [2.75, 3.05) is 31.6 Å². The van der Waals surface area contributed by atoms with Gasteiger partial charge in [0.1, 0.15) is 5.82 Å². The van der Waals surface area contributed by atoms with Gasteiger partial charge in [0.15, 0.2) is 0 Å². The summed E-state index contributed by atoms with van der Waals surface area (Å²) in [5.74, 6) is -0.391. The summed E-state index contributed by atoms with van der Waals surface area (Å²) in [6, 6.07) is 5.56. The highest BCUT2D eigenvalue weighted by Gasteiger charge is 2.22. The number of anilines is 1. The largest absolute Gasteiger partial charge is 0.379 e. The molecular formula is C13H17FN2O2. The van der Waals surface area contributed by atoms with E-state index in [9.17, 15) is 9.18 Å². The Labute approximate surface area is 106 Å². The van der Waals surface area contributed by atoms with Crippen LogP contribution in [0.15, 0.2) is 24.3 Å². The highest BCUT2D eigenvalue weighted by molar-refractivity contribution is 5.94. The minimum atomic E-state index is -0.311. The van der Waals surface area contributed by atoms with Gasteiger partial charge in [0, 0.05) is 18.8 Å². The van der Waals surface area contributed by atoms with Crippen LogP contribution in [-0.2, 0) is 9.53 Å². The van der Waals surface area contributed by atoms with Gasteiger partial charge in [0.05, 0.1) is 19.3 Å². The fourth-order valence-corrected chi connectivity index (χ4v) is 1.91. The van der Waals surface area contributed by atoms with Crippen molar-refractivity contribution in [3.05, 3.63) is 30.1 Å². The zero-order chi connectivity index (χ0) is 13.0. The summed E-state index contributed by atoms with van der Waals surface area (Å²) in [5, 5.41) is 2.78. The highest BCUT2D eigenvalue weighted by Crippen LogP contribution is 2.11. The molecule has 98 valence electrons. The topological polar surface area (TPSA) is 41.6 Å². The highest BCUT2D eigenvalue weighted by atomic mass is 19.1. The van der Waals surface area contributed by atoms with Crippen molar-refractivity contribution in [3.63, 3.8) is 0 Å². The Morgan fingerprint density at radius 3 is 2.56 bits per heavy atom. The summed E-state index contributed by atoms with van der Waals surface area (Å²) >= 11 is 0. The lowest BCUT2D eigenvalue weighted by Gasteiger charge is -2.31. The molecule has 0 saturated carbocycles. The van der Waals surface area contributed by atoms with Crippen LogP contribution in [0.25, 0.3) is 0 Å². The second kappa shape index (κ2) is 5.93. The Morgan fingerprint density at radius 2 is 1.94 bits per heavy atom. The molecule has 1 atom stereocenters. The third kappa shape index (κ3) is 3.27. The number of carbonyl (C=O) groups excluding carboxylic acids is 1. The molecule has 4 nitrogen and oxygen atoms in total. The van der Waals surface area contributed by atoms with Crippen LogP contribution in [0, 0.1) is 5.82 Å². The van der Waals surface area contributed by atoms with Crippen LogP contribution < -0.4 is 5.32 Å². The van der Waals surface area contributed by atoms with Crippen LogP contribution in [0.4, 0.5) is 10.1 Å². The molecule has 0 aliphatic carbocycles. The van der Waals surface area contributed by atoms with Crippen molar-refractivity contribution in [2.45, 2.75) is 13.0 Å². The number of nitrogens with zero attached hydrogens (tertiary/aromatic N) is 1. The van der Waals surface area contributed by atoms with Gasteiger partial charge < -0.3 is 10.1 Å². The van der Waals surface area contributed by atoms with Crippen LogP contribution in [0.5, 0.6) is 0 Å². The van der Waals surface area contributed by atoms with E-state index in [1.807, 2.05) is 6.92 Å². The molecular weight excluding hydrogens is 235 g/mol. The van der Waals surface area contributed by atoms with Gasteiger partial charge in [0.2, 0.25) is 5.91 Å². The lowest BCUT2D eigenvalue weighted by Crippen LogP contribution is -2.47. The Kier molecular flexibility index (Phi) is 4.28. The van der Waals surface area contributed by atoms with E-state index < -0.39 is 0 Å². The molecule has 1 fully saturated rings. The number of ether oxygens (including phenoxy) is 1. The molecule has 0 unspecified atom stereocenters. The lowest BCUT2D eigenvalue weighted by atomic mass is 10.2. The maximum absolute atomic E-state index is 12.7. The summed E-state index contributed by atoms with van der Waals surface area (Å²) in [5.41, 5.74) is 0.613. The standard InChI is InChI=1S/C13H17FN2O2/c1-10(16-6-8-18-9-7-16)13(17)15-12-4-2-11(14)3-5-12/h2-5,10H,6-9H2,1H3,(H,15,17)/t10-/m0/s1. The predicted molar refractivity (Wildman–Crippen MR) is 66.9 cm³/mol. The van der Waals surface area contributed by atoms with E-state index in [2.05, 4.69) is 10.2 Å². The van der Waals surface area contributed by atoms with Crippen molar-refractivity contribution in [1.29, 1.82) is 0 Å². The van der Waals surface area contributed by atoms with E-state index in [1.165, 1.54) is 12.1 Å². The van der Waals surface area contributed by atoms with E-state index in [0.717, 1.165) is 13.1 Å². The van der Waals surface area contributed by atoms with Gasteiger partial charge in [-0.05, 0) is 31.2 Å². The fourth-order valence-electron chi connectivity index (χ4n) is 1.91. The molecule has 1 aromatic carbocycles. The van der Waals surface area contributed by atoms with E-state index >= 15 is 0 Å². The number of hydrogen-bond acceptors (Lipinski definition) is 3. The van der Waals surface area contributed by atoms with Crippen molar-refractivity contribution >= 4 is 11.6 Å². The number of halogens is 1. The molecule has 1 aliphatic rings. The smallest absolute Gasteiger partial charge is 0.241 e. The number of amides is 1. The number of benzene rings is 1. The van der Waals surface area contributed by atoms with E-state index in [0.29, 0.717) is 18.9 Å². The Bertz CT molecular complexity index is 402. The Balaban J connectivity index is 1.92. The van der Waals surface area contributed by atoms with E-state index in [1.54, 1.807) is 12.1 Å². The second-order valence-electron chi connectivity index (χ2n) is 4.32. The first-order chi connectivity index (χ1) is 8.66. The second-order valence-corrected chi connectivity index (χ2v) is 4.32. The van der Waals surface area contributed by atoms with E-state index in [-0.39, 0.29) is 17.8 Å². The molecule has 1 saturated heterocycles. The summed E-state index contributed by atoms with van der Waals surface area (Å²) < 4.78 is 18.0.